The normalized spacial score (nSPS) is 14.0. The Labute approximate surface area is 135 Å². The van der Waals surface area contributed by atoms with Crippen molar-refractivity contribution in [1.29, 1.82) is 0 Å². The molecule has 1 aromatic rings. The van der Waals surface area contributed by atoms with E-state index in [0.29, 0.717) is 13.1 Å². The zero-order valence-electron chi connectivity index (χ0n) is 13.7. The Morgan fingerprint density at radius 2 is 1.87 bits per heavy atom. The van der Waals surface area contributed by atoms with E-state index >= 15 is 0 Å². The number of hydrogen-bond acceptors (Lipinski definition) is 4. The molecule has 23 heavy (non-hydrogen) atoms. The van der Waals surface area contributed by atoms with E-state index in [1.807, 2.05) is 50.2 Å². The van der Waals surface area contributed by atoms with E-state index in [2.05, 4.69) is 5.32 Å². The van der Waals surface area contributed by atoms with Crippen molar-refractivity contribution in [3.63, 3.8) is 0 Å². The highest BCUT2D eigenvalue weighted by atomic mass is 16.2. The van der Waals surface area contributed by atoms with Gasteiger partial charge in [0.05, 0.1) is 6.54 Å². The Balaban J connectivity index is 2.00. The van der Waals surface area contributed by atoms with Crippen molar-refractivity contribution in [2.75, 3.05) is 38.6 Å². The number of carbonyl (C=O) groups is 3. The first-order chi connectivity index (χ1) is 10.9. The minimum absolute atomic E-state index is 0.0375. The number of nitrogens with zero attached hydrogens (tertiary/aromatic N) is 3. The van der Waals surface area contributed by atoms with Crippen molar-refractivity contribution in [1.82, 2.24) is 15.1 Å². The van der Waals surface area contributed by atoms with E-state index in [-0.39, 0.29) is 24.9 Å². The molecular formula is C16H22N4O3. The Bertz CT molecular complexity index is 582. The first-order valence-corrected chi connectivity index (χ1v) is 7.54. The molecule has 4 amide bonds. The predicted molar refractivity (Wildman–Crippen MR) is 87.0 cm³/mol. The van der Waals surface area contributed by atoms with Crippen molar-refractivity contribution in [3.8, 4) is 0 Å². The molecule has 1 aromatic carbocycles. The number of urea groups is 1. The summed E-state index contributed by atoms with van der Waals surface area (Å²) >= 11 is 0. The summed E-state index contributed by atoms with van der Waals surface area (Å²) in [6.07, 6.45) is 0. The topological polar surface area (TPSA) is 73.0 Å². The molecule has 0 bridgehead atoms. The van der Waals surface area contributed by atoms with Crippen LogP contribution in [-0.4, -0.2) is 61.4 Å². The number of anilines is 1. The molecule has 0 unspecified atom stereocenters. The molecule has 0 aliphatic carbocycles. The van der Waals surface area contributed by atoms with Crippen LogP contribution < -0.4 is 10.2 Å². The molecule has 1 aliphatic heterocycles. The fourth-order valence-corrected chi connectivity index (χ4v) is 2.35. The molecule has 0 radical (unpaired) electrons. The Morgan fingerprint density at radius 1 is 1.22 bits per heavy atom. The monoisotopic (exact) mass is 318 g/mol. The van der Waals surface area contributed by atoms with Crippen LogP contribution in [0.4, 0.5) is 10.5 Å². The van der Waals surface area contributed by atoms with Gasteiger partial charge in [0.15, 0.2) is 0 Å². The molecular weight excluding hydrogens is 296 g/mol. The second kappa shape index (κ2) is 7.13. The van der Waals surface area contributed by atoms with Crippen LogP contribution >= 0.6 is 0 Å². The summed E-state index contributed by atoms with van der Waals surface area (Å²) in [6.45, 7) is 2.58. The zero-order chi connectivity index (χ0) is 17.0. The molecule has 1 aliphatic rings. The number of rotatable bonds is 6. The molecule has 124 valence electrons. The minimum Gasteiger partial charge on any atom is -0.378 e. The summed E-state index contributed by atoms with van der Waals surface area (Å²) in [5.41, 5.74) is 2.09. The molecule has 1 N–H and O–H groups in total. The van der Waals surface area contributed by atoms with Gasteiger partial charge < -0.3 is 15.1 Å². The van der Waals surface area contributed by atoms with Crippen LogP contribution in [-0.2, 0) is 16.1 Å². The summed E-state index contributed by atoms with van der Waals surface area (Å²) in [5.74, 6) is -0.607. The third-order valence-corrected chi connectivity index (χ3v) is 3.79. The quantitative estimate of drug-likeness (QED) is 0.782. The summed E-state index contributed by atoms with van der Waals surface area (Å²) < 4.78 is 0. The van der Waals surface area contributed by atoms with Gasteiger partial charge in [0, 0.05) is 32.9 Å². The third-order valence-electron chi connectivity index (χ3n) is 3.79. The summed E-state index contributed by atoms with van der Waals surface area (Å²) in [7, 11) is 3.93. The van der Waals surface area contributed by atoms with Gasteiger partial charge in [-0.15, -0.1) is 0 Å². The van der Waals surface area contributed by atoms with Crippen LogP contribution in [0, 0.1) is 0 Å². The molecule has 7 heteroatoms. The van der Waals surface area contributed by atoms with Crippen LogP contribution in [0.25, 0.3) is 0 Å². The smallest absolute Gasteiger partial charge is 0.325 e. The average molecular weight is 318 g/mol. The van der Waals surface area contributed by atoms with Gasteiger partial charge in [-0.2, -0.15) is 0 Å². The zero-order valence-corrected chi connectivity index (χ0v) is 13.7. The van der Waals surface area contributed by atoms with Crippen LogP contribution in [0.15, 0.2) is 24.3 Å². The largest absolute Gasteiger partial charge is 0.378 e. The van der Waals surface area contributed by atoms with Crippen molar-refractivity contribution < 1.29 is 14.4 Å². The first-order valence-electron chi connectivity index (χ1n) is 7.54. The SMILES string of the molecule is CCN(Cc1ccc(N(C)C)cc1)C(=O)CN1C(=O)CNC1=O. The number of imide groups is 1. The number of carbonyl (C=O) groups excluding carboxylic acids is 3. The number of likely N-dealkylation sites (N-methyl/N-ethyl adjacent to an activating group) is 1. The number of hydrogen-bond donors (Lipinski definition) is 1. The number of benzene rings is 1. The lowest BCUT2D eigenvalue weighted by Crippen LogP contribution is -2.42. The third kappa shape index (κ3) is 4.00. The van der Waals surface area contributed by atoms with Crippen molar-refractivity contribution >= 4 is 23.5 Å². The molecule has 2 rings (SSSR count). The van der Waals surface area contributed by atoms with E-state index < -0.39 is 6.03 Å². The highest BCUT2D eigenvalue weighted by Gasteiger charge is 2.31. The fraction of sp³-hybridized carbons (Fsp3) is 0.438. The van der Waals surface area contributed by atoms with E-state index in [9.17, 15) is 14.4 Å². The lowest BCUT2D eigenvalue weighted by Gasteiger charge is -2.23. The molecule has 1 heterocycles. The number of amides is 4. The standard InChI is InChI=1S/C16H22N4O3/c1-4-19(10-12-5-7-13(8-6-12)18(2)3)15(22)11-20-14(21)9-17-16(20)23/h5-8H,4,9-11H2,1-3H3,(H,17,23). The van der Waals surface area contributed by atoms with Crippen LogP contribution in [0.1, 0.15) is 12.5 Å². The van der Waals surface area contributed by atoms with Gasteiger partial charge >= 0.3 is 6.03 Å². The van der Waals surface area contributed by atoms with Crippen molar-refractivity contribution in [3.05, 3.63) is 29.8 Å². The molecule has 0 spiro atoms. The van der Waals surface area contributed by atoms with Gasteiger partial charge in [-0.25, -0.2) is 4.79 Å². The first kappa shape index (κ1) is 16.8. The van der Waals surface area contributed by atoms with Gasteiger partial charge in [0.2, 0.25) is 5.91 Å². The molecule has 0 saturated carbocycles. The fourth-order valence-electron chi connectivity index (χ4n) is 2.35. The van der Waals surface area contributed by atoms with Gasteiger partial charge in [-0.3, -0.25) is 14.5 Å². The van der Waals surface area contributed by atoms with Gasteiger partial charge in [-0.05, 0) is 24.6 Å². The maximum absolute atomic E-state index is 12.3. The summed E-state index contributed by atoms with van der Waals surface area (Å²) in [4.78, 5) is 40.0. The lowest BCUT2D eigenvalue weighted by molar-refractivity contribution is -0.136. The second-order valence-electron chi connectivity index (χ2n) is 5.61. The van der Waals surface area contributed by atoms with Gasteiger partial charge in [0.25, 0.3) is 5.91 Å². The van der Waals surface area contributed by atoms with E-state index in [1.54, 1.807) is 4.90 Å². The van der Waals surface area contributed by atoms with Crippen molar-refractivity contribution in [2.45, 2.75) is 13.5 Å². The molecule has 7 nitrogen and oxygen atoms in total. The molecule has 1 fully saturated rings. The van der Waals surface area contributed by atoms with Crippen molar-refractivity contribution in [2.24, 2.45) is 0 Å². The van der Waals surface area contributed by atoms with Crippen LogP contribution in [0.3, 0.4) is 0 Å². The second-order valence-corrected chi connectivity index (χ2v) is 5.61. The maximum Gasteiger partial charge on any atom is 0.325 e. The lowest BCUT2D eigenvalue weighted by atomic mass is 10.2. The summed E-state index contributed by atoms with van der Waals surface area (Å²) in [6, 6.07) is 7.42. The predicted octanol–water partition coefficient (Wildman–Crippen LogP) is 0.653. The highest BCUT2D eigenvalue weighted by Crippen LogP contribution is 2.14. The Hall–Kier alpha value is -2.57. The van der Waals surface area contributed by atoms with E-state index in [0.717, 1.165) is 16.2 Å². The van der Waals surface area contributed by atoms with Crippen LogP contribution in [0.5, 0.6) is 0 Å². The highest BCUT2D eigenvalue weighted by molar-refractivity contribution is 6.04. The van der Waals surface area contributed by atoms with Gasteiger partial charge in [0.1, 0.15) is 6.54 Å². The van der Waals surface area contributed by atoms with Gasteiger partial charge in [-0.1, -0.05) is 12.1 Å². The summed E-state index contributed by atoms with van der Waals surface area (Å²) in [5, 5.41) is 2.41. The van der Waals surface area contributed by atoms with E-state index in [4.69, 9.17) is 0 Å². The molecule has 0 aromatic heterocycles. The average Bonchev–Trinajstić information content (AvgIpc) is 2.84. The Morgan fingerprint density at radius 3 is 2.35 bits per heavy atom. The maximum atomic E-state index is 12.3. The van der Waals surface area contributed by atoms with E-state index in [1.165, 1.54) is 0 Å². The number of nitrogens with one attached hydrogen (secondary N) is 1. The molecule has 1 saturated heterocycles. The van der Waals surface area contributed by atoms with Crippen LogP contribution in [0.2, 0.25) is 0 Å². The minimum atomic E-state index is -0.505. The molecule has 0 atom stereocenters. The Kier molecular flexibility index (Phi) is 5.20.